The van der Waals surface area contributed by atoms with Crippen molar-refractivity contribution in [3.8, 4) is 0 Å². The number of hydrogen-bond donors (Lipinski definition) is 0. The van der Waals surface area contributed by atoms with Crippen LogP contribution in [0.1, 0.15) is 37.5 Å². The van der Waals surface area contributed by atoms with Crippen molar-refractivity contribution < 1.29 is 0 Å². The van der Waals surface area contributed by atoms with Gasteiger partial charge in [-0.25, -0.2) is 0 Å². The van der Waals surface area contributed by atoms with Gasteiger partial charge in [-0.1, -0.05) is 18.2 Å². The van der Waals surface area contributed by atoms with Crippen molar-refractivity contribution in [2.75, 3.05) is 7.05 Å². The second-order valence-electron chi connectivity index (χ2n) is 5.60. The Kier molecular flexibility index (Phi) is 4.08. The number of rotatable bonds is 1. The predicted octanol–water partition coefficient (Wildman–Crippen LogP) is 5.05. The Hall–Kier alpha value is -1.89. The molecule has 1 heteroatoms. The van der Waals surface area contributed by atoms with Gasteiger partial charge < -0.3 is 0 Å². The van der Waals surface area contributed by atoms with Crippen LogP contribution in [-0.4, -0.2) is 12.8 Å². The number of aryl methyl sites for hydroxylation is 2. The molecule has 1 aliphatic rings. The van der Waals surface area contributed by atoms with E-state index in [0.717, 1.165) is 5.71 Å². The molecule has 0 amide bonds. The average Bonchev–Trinajstić information content (AvgIpc) is 2.43. The van der Waals surface area contributed by atoms with E-state index in [1.807, 2.05) is 7.05 Å². The molecule has 0 fully saturated rings. The van der Waals surface area contributed by atoms with Gasteiger partial charge in [-0.3, -0.25) is 4.99 Å². The Bertz CT molecular complexity index is 667. The van der Waals surface area contributed by atoms with Gasteiger partial charge in [0.2, 0.25) is 0 Å². The molecule has 1 nitrogen and oxygen atoms in total. The molecular weight excluding hydrogens is 242 g/mol. The third-order valence-electron chi connectivity index (χ3n) is 4.20. The van der Waals surface area contributed by atoms with Crippen LogP contribution in [0.2, 0.25) is 0 Å². The molecule has 0 saturated heterocycles. The summed E-state index contributed by atoms with van der Waals surface area (Å²) in [6.07, 6.45) is 4.43. The lowest BCUT2D eigenvalue weighted by molar-refractivity contribution is 1.30. The molecule has 0 spiro atoms. The largest absolute Gasteiger partial charge is 0.288 e. The first kappa shape index (κ1) is 14.5. The SMILES string of the molecule is CN=C1C=C(C)C(C)=C/C1=C(/C)c1ccc(C)c(C)c1. The molecule has 1 aliphatic carbocycles. The first-order valence-corrected chi connectivity index (χ1v) is 7.06. The quantitative estimate of drug-likeness (QED) is 0.673. The van der Waals surface area contributed by atoms with Crippen LogP contribution in [0.25, 0.3) is 5.57 Å². The van der Waals surface area contributed by atoms with Gasteiger partial charge >= 0.3 is 0 Å². The highest BCUT2D eigenvalue weighted by Crippen LogP contribution is 2.28. The third kappa shape index (κ3) is 2.67. The molecule has 20 heavy (non-hydrogen) atoms. The lowest BCUT2D eigenvalue weighted by atomic mass is 9.89. The lowest BCUT2D eigenvalue weighted by Crippen LogP contribution is -2.07. The Morgan fingerprint density at radius 3 is 2.15 bits per heavy atom. The summed E-state index contributed by atoms with van der Waals surface area (Å²) in [6.45, 7) is 10.8. The van der Waals surface area contributed by atoms with Crippen LogP contribution in [0, 0.1) is 13.8 Å². The molecule has 0 bridgehead atoms. The maximum atomic E-state index is 4.44. The summed E-state index contributed by atoms with van der Waals surface area (Å²) in [6, 6.07) is 6.66. The van der Waals surface area contributed by atoms with Crippen molar-refractivity contribution in [2.45, 2.75) is 34.6 Å². The molecule has 1 aromatic carbocycles. The second kappa shape index (κ2) is 5.62. The maximum Gasteiger partial charge on any atom is 0.0648 e. The predicted molar refractivity (Wildman–Crippen MR) is 89.4 cm³/mol. The zero-order valence-electron chi connectivity index (χ0n) is 13.3. The molecular formula is C19H23N. The van der Waals surface area contributed by atoms with Crippen LogP contribution in [0.15, 0.2) is 52.1 Å². The molecule has 2 rings (SSSR count). The van der Waals surface area contributed by atoms with Crippen LogP contribution in [0.3, 0.4) is 0 Å². The number of benzene rings is 1. The standard InChI is InChI=1S/C19H23N/c1-12-7-8-17(9-13(12)2)16(5)18-10-14(3)15(4)11-19(18)20-6/h7-11H,1-6H3/b18-16+,20-19?. The fraction of sp³-hybridized carbons (Fsp3) is 0.316. The minimum atomic E-state index is 1.07. The molecule has 0 heterocycles. The van der Waals surface area contributed by atoms with Crippen LogP contribution in [0.4, 0.5) is 0 Å². The monoisotopic (exact) mass is 265 g/mol. The molecule has 0 atom stereocenters. The van der Waals surface area contributed by atoms with Gasteiger partial charge in [-0.05, 0) is 80.2 Å². The highest BCUT2D eigenvalue weighted by molar-refractivity contribution is 6.16. The van der Waals surface area contributed by atoms with Gasteiger partial charge in [-0.15, -0.1) is 0 Å². The minimum Gasteiger partial charge on any atom is -0.288 e. The van der Waals surface area contributed by atoms with E-state index in [1.165, 1.54) is 39.0 Å². The Labute approximate surface area is 122 Å². The average molecular weight is 265 g/mol. The van der Waals surface area contributed by atoms with Gasteiger partial charge in [-0.2, -0.15) is 0 Å². The Morgan fingerprint density at radius 1 is 0.900 bits per heavy atom. The zero-order chi connectivity index (χ0) is 14.9. The van der Waals surface area contributed by atoms with Crippen molar-refractivity contribution in [3.63, 3.8) is 0 Å². The fourth-order valence-electron chi connectivity index (χ4n) is 2.42. The van der Waals surface area contributed by atoms with Crippen LogP contribution < -0.4 is 0 Å². The first-order valence-electron chi connectivity index (χ1n) is 7.06. The summed E-state index contributed by atoms with van der Waals surface area (Å²) in [5.41, 5.74) is 10.2. The van der Waals surface area contributed by atoms with Crippen LogP contribution >= 0.6 is 0 Å². The van der Waals surface area contributed by atoms with E-state index < -0.39 is 0 Å². The van der Waals surface area contributed by atoms with E-state index in [0.29, 0.717) is 0 Å². The molecule has 1 aromatic rings. The number of nitrogens with zero attached hydrogens (tertiary/aromatic N) is 1. The van der Waals surface area contributed by atoms with Crippen molar-refractivity contribution in [1.29, 1.82) is 0 Å². The fourth-order valence-corrected chi connectivity index (χ4v) is 2.42. The summed E-state index contributed by atoms with van der Waals surface area (Å²) < 4.78 is 0. The molecule has 104 valence electrons. The van der Waals surface area contributed by atoms with E-state index in [-0.39, 0.29) is 0 Å². The normalized spacial score (nSPS) is 19.8. The first-order chi connectivity index (χ1) is 9.43. The number of allylic oxidation sites excluding steroid dienone is 6. The van der Waals surface area contributed by atoms with E-state index >= 15 is 0 Å². The van der Waals surface area contributed by atoms with Crippen LogP contribution in [-0.2, 0) is 0 Å². The van der Waals surface area contributed by atoms with E-state index in [4.69, 9.17) is 0 Å². The molecule has 0 radical (unpaired) electrons. The van der Waals surface area contributed by atoms with Gasteiger partial charge in [0.05, 0.1) is 5.71 Å². The van der Waals surface area contributed by atoms with Crippen molar-refractivity contribution in [1.82, 2.24) is 0 Å². The van der Waals surface area contributed by atoms with E-state index in [2.05, 4.69) is 70.0 Å². The van der Waals surface area contributed by atoms with Gasteiger partial charge in [0.25, 0.3) is 0 Å². The van der Waals surface area contributed by atoms with E-state index in [9.17, 15) is 0 Å². The molecule has 0 saturated carbocycles. The van der Waals surface area contributed by atoms with Crippen molar-refractivity contribution in [3.05, 3.63) is 63.8 Å². The Balaban J connectivity index is 2.58. The van der Waals surface area contributed by atoms with Gasteiger partial charge in [0.1, 0.15) is 0 Å². The van der Waals surface area contributed by atoms with Crippen LogP contribution in [0.5, 0.6) is 0 Å². The molecule has 0 N–H and O–H groups in total. The second-order valence-corrected chi connectivity index (χ2v) is 5.60. The van der Waals surface area contributed by atoms with Gasteiger partial charge in [0.15, 0.2) is 0 Å². The van der Waals surface area contributed by atoms with Crippen molar-refractivity contribution in [2.24, 2.45) is 4.99 Å². The maximum absolute atomic E-state index is 4.44. The topological polar surface area (TPSA) is 12.4 Å². The summed E-state index contributed by atoms with van der Waals surface area (Å²) in [7, 11) is 1.86. The lowest BCUT2D eigenvalue weighted by Gasteiger charge is -2.17. The Morgan fingerprint density at radius 2 is 1.55 bits per heavy atom. The highest BCUT2D eigenvalue weighted by Gasteiger charge is 2.13. The smallest absolute Gasteiger partial charge is 0.0648 e. The number of hydrogen-bond acceptors (Lipinski definition) is 1. The zero-order valence-corrected chi connectivity index (χ0v) is 13.3. The summed E-state index contributed by atoms with van der Waals surface area (Å²) in [5, 5.41) is 0. The third-order valence-corrected chi connectivity index (χ3v) is 4.20. The molecule has 0 unspecified atom stereocenters. The summed E-state index contributed by atoms with van der Waals surface area (Å²) in [4.78, 5) is 4.44. The van der Waals surface area contributed by atoms with Crippen molar-refractivity contribution >= 4 is 11.3 Å². The highest BCUT2D eigenvalue weighted by atomic mass is 14.7. The summed E-state index contributed by atoms with van der Waals surface area (Å²) >= 11 is 0. The minimum absolute atomic E-state index is 1.07. The van der Waals surface area contributed by atoms with E-state index in [1.54, 1.807) is 0 Å². The summed E-state index contributed by atoms with van der Waals surface area (Å²) in [5.74, 6) is 0. The van der Waals surface area contributed by atoms with Gasteiger partial charge in [0, 0.05) is 12.6 Å². The molecule has 0 aromatic heterocycles. The number of aliphatic imine (C=N–C) groups is 1. The molecule has 0 aliphatic heterocycles.